The third-order valence-electron chi connectivity index (χ3n) is 6.45. The Labute approximate surface area is 192 Å². The van der Waals surface area contributed by atoms with Gasteiger partial charge in [-0.1, -0.05) is 24.3 Å². The normalized spacial score (nSPS) is 19.3. The molecule has 4 rings (SSSR count). The number of benzene rings is 2. The van der Waals surface area contributed by atoms with Crippen LogP contribution >= 0.6 is 0 Å². The maximum atomic E-state index is 13.2. The maximum Gasteiger partial charge on any atom is 0.325 e. The fourth-order valence-corrected chi connectivity index (χ4v) is 4.58. The van der Waals surface area contributed by atoms with Crippen molar-refractivity contribution in [2.75, 3.05) is 25.0 Å². The van der Waals surface area contributed by atoms with Crippen LogP contribution in [-0.4, -0.2) is 58.7 Å². The predicted molar refractivity (Wildman–Crippen MR) is 124 cm³/mol. The van der Waals surface area contributed by atoms with Crippen LogP contribution in [-0.2, 0) is 22.4 Å². The standard InChI is InChI=1S/C25H28N4O4/c1-3-28(4-2)22(31)18-9-11-20(12-10-18)26-21(30)16-29-23(32)25(27-24(29)33)14-13-17-7-5-6-8-19(17)15-25/h5-12H,3-4,13-16H2,1-2H3,(H,26,30)(H,27,33). The van der Waals surface area contributed by atoms with Crippen LogP contribution in [0.15, 0.2) is 48.5 Å². The lowest BCUT2D eigenvalue weighted by molar-refractivity contribution is -0.134. The van der Waals surface area contributed by atoms with Crippen LogP contribution in [0.3, 0.4) is 0 Å². The van der Waals surface area contributed by atoms with E-state index >= 15 is 0 Å². The topological polar surface area (TPSA) is 98.8 Å². The van der Waals surface area contributed by atoms with E-state index in [1.165, 1.54) is 5.56 Å². The number of nitrogens with one attached hydrogen (secondary N) is 2. The molecule has 1 spiro atoms. The van der Waals surface area contributed by atoms with Gasteiger partial charge in [-0.2, -0.15) is 0 Å². The molecule has 1 unspecified atom stereocenters. The van der Waals surface area contributed by atoms with Crippen LogP contribution in [0.25, 0.3) is 0 Å². The summed E-state index contributed by atoms with van der Waals surface area (Å²) in [5.41, 5.74) is 2.26. The van der Waals surface area contributed by atoms with E-state index < -0.39 is 17.5 Å². The van der Waals surface area contributed by atoms with E-state index in [-0.39, 0.29) is 18.4 Å². The van der Waals surface area contributed by atoms with E-state index in [2.05, 4.69) is 10.6 Å². The van der Waals surface area contributed by atoms with Crippen LogP contribution in [0, 0.1) is 0 Å². The molecule has 2 aromatic rings. The number of hydrogen-bond donors (Lipinski definition) is 2. The quantitative estimate of drug-likeness (QED) is 0.664. The Morgan fingerprint density at radius 3 is 2.36 bits per heavy atom. The minimum Gasteiger partial charge on any atom is -0.339 e. The summed E-state index contributed by atoms with van der Waals surface area (Å²) in [5, 5.41) is 5.54. The van der Waals surface area contributed by atoms with Crippen LogP contribution in [0.2, 0.25) is 0 Å². The highest BCUT2D eigenvalue weighted by Gasteiger charge is 2.52. The third-order valence-corrected chi connectivity index (χ3v) is 6.45. The summed E-state index contributed by atoms with van der Waals surface area (Å²) in [6.07, 6.45) is 1.63. The van der Waals surface area contributed by atoms with Gasteiger partial charge in [0.2, 0.25) is 5.91 Å². The van der Waals surface area contributed by atoms with Gasteiger partial charge in [0, 0.05) is 30.8 Å². The number of nitrogens with zero attached hydrogens (tertiary/aromatic N) is 2. The molecular weight excluding hydrogens is 420 g/mol. The summed E-state index contributed by atoms with van der Waals surface area (Å²) in [7, 11) is 0. The van der Waals surface area contributed by atoms with Gasteiger partial charge in [0.1, 0.15) is 12.1 Å². The molecule has 1 atom stereocenters. The van der Waals surface area contributed by atoms with Crippen molar-refractivity contribution in [3.8, 4) is 0 Å². The van der Waals surface area contributed by atoms with Crippen molar-refractivity contribution in [1.82, 2.24) is 15.1 Å². The number of anilines is 1. The Morgan fingerprint density at radius 2 is 1.70 bits per heavy atom. The lowest BCUT2D eigenvalue weighted by atomic mass is 9.78. The van der Waals surface area contributed by atoms with E-state index in [1.54, 1.807) is 29.2 Å². The maximum absolute atomic E-state index is 13.2. The zero-order valence-electron chi connectivity index (χ0n) is 18.9. The van der Waals surface area contributed by atoms with Gasteiger partial charge in [-0.05, 0) is 62.1 Å². The van der Waals surface area contributed by atoms with Crippen LogP contribution in [0.4, 0.5) is 10.5 Å². The van der Waals surface area contributed by atoms with Gasteiger partial charge < -0.3 is 15.5 Å². The molecule has 0 bridgehead atoms. The molecule has 0 aromatic heterocycles. The second-order valence-corrected chi connectivity index (χ2v) is 8.45. The van der Waals surface area contributed by atoms with Crippen molar-refractivity contribution in [3.05, 3.63) is 65.2 Å². The Kier molecular flexibility index (Phi) is 6.18. The second-order valence-electron chi connectivity index (χ2n) is 8.45. The van der Waals surface area contributed by atoms with Crippen molar-refractivity contribution in [3.63, 3.8) is 0 Å². The molecule has 2 aliphatic rings. The van der Waals surface area contributed by atoms with Crippen LogP contribution < -0.4 is 10.6 Å². The van der Waals surface area contributed by atoms with Gasteiger partial charge in [-0.3, -0.25) is 19.3 Å². The molecule has 1 saturated heterocycles. The minimum absolute atomic E-state index is 0.0726. The number of carbonyl (C=O) groups excluding carboxylic acids is 4. The Morgan fingerprint density at radius 1 is 1.03 bits per heavy atom. The highest BCUT2D eigenvalue weighted by Crippen LogP contribution is 2.33. The third kappa shape index (κ3) is 4.33. The van der Waals surface area contributed by atoms with Gasteiger partial charge in [0.25, 0.3) is 11.8 Å². The molecule has 1 aliphatic heterocycles. The molecule has 0 saturated carbocycles. The molecule has 0 radical (unpaired) electrons. The number of amides is 5. The van der Waals surface area contributed by atoms with E-state index in [0.29, 0.717) is 43.6 Å². The average Bonchev–Trinajstić information content (AvgIpc) is 3.04. The Balaban J connectivity index is 1.39. The van der Waals surface area contributed by atoms with Gasteiger partial charge >= 0.3 is 6.03 Å². The fourth-order valence-electron chi connectivity index (χ4n) is 4.58. The van der Waals surface area contributed by atoms with E-state index in [9.17, 15) is 19.2 Å². The van der Waals surface area contributed by atoms with Crippen molar-refractivity contribution in [2.24, 2.45) is 0 Å². The van der Waals surface area contributed by atoms with Crippen LogP contribution in [0.1, 0.15) is 41.8 Å². The molecule has 33 heavy (non-hydrogen) atoms. The number of rotatable bonds is 6. The van der Waals surface area contributed by atoms with Gasteiger partial charge in [-0.25, -0.2) is 4.79 Å². The summed E-state index contributed by atoms with van der Waals surface area (Å²) in [6.45, 7) is 4.71. The number of fused-ring (bicyclic) bond motifs is 1. The summed E-state index contributed by atoms with van der Waals surface area (Å²) >= 11 is 0. The molecule has 2 N–H and O–H groups in total. The number of carbonyl (C=O) groups is 4. The molecular formula is C25H28N4O4. The fraction of sp³-hybridized carbons (Fsp3) is 0.360. The molecule has 1 aliphatic carbocycles. The van der Waals surface area contributed by atoms with Gasteiger partial charge in [0.05, 0.1) is 0 Å². The summed E-state index contributed by atoms with van der Waals surface area (Å²) in [6, 6.07) is 13.9. The molecule has 8 nitrogen and oxygen atoms in total. The molecule has 5 amide bonds. The summed E-state index contributed by atoms with van der Waals surface area (Å²) in [4.78, 5) is 53.4. The number of hydrogen-bond acceptors (Lipinski definition) is 4. The molecule has 1 fully saturated rings. The van der Waals surface area contributed by atoms with Crippen molar-refractivity contribution < 1.29 is 19.2 Å². The van der Waals surface area contributed by atoms with Crippen molar-refractivity contribution in [1.29, 1.82) is 0 Å². The highest BCUT2D eigenvalue weighted by atomic mass is 16.2. The average molecular weight is 449 g/mol. The van der Waals surface area contributed by atoms with E-state index in [1.807, 2.05) is 38.1 Å². The number of imide groups is 1. The van der Waals surface area contributed by atoms with Gasteiger partial charge in [0.15, 0.2) is 0 Å². The van der Waals surface area contributed by atoms with E-state index in [0.717, 1.165) is 10.5 Å². The van der Waals surface area contributed by atoms with Crippen molar-refractivity contribution >= 4 is 29.4 Å². The Bertz CT molecular complexity index is 1090. The first kappa shape index (κ1) is 22.5. The minimum atomic E-state index is -0.988. The first-order chi connectivity index (χ1) is 15.9. The molecule has 2 aromatic carbocycles. The van der Waals surface area contributed by atoms with Gasteiger partial charge in [-0.15, -0.1) is 0 Å². The first-order valence-electron chi connectivity index (χ1n) is 11.3. The predicted octanol–water partition coefficient (Wildman–Crippen LogP) is 2.59. The SMILES string of the molecule is CCN(CC)C(=O)c1ccc(NC(=O)CN2C(=O)NC3(CCc4ccccc4C3)C2=O)cc1. The molecule has 1 heterocycles. The zero-order valence-corrected chi connectivity index (χ0v) is 18.9. The summed E-state index contributed by atoms with van der Waals surface area (Å²) in [5.74, 6) is -0.913. The van der Waals surface area contributed by atoms with E-state index in [4.69, 9.17) is 0 Å². The monoisotopic (exact) mass is 448 g/mol. The molecule has 172 valence electrons. The summed E-state index contributed by atoms with van der Waals surface area (Å²) < 4.78 is 0. The molecule has 8 heteroatoms. The second kappa shape index (κ2) is 9.05. The number of aryl methyl sites for hydroxylation is 1. The van der Waals surface area contributed by atoms with Crippen LogP contribution in [0.5, 0.6) is 0 Å². The number of urea groups is 1. The zero-order chi connectivity index (χ0) is 23.6. The Hall–Kier alpha value is -3.68. The lowest BCUT2D eigenvalue weighted by Crippen LogP contribution is -2.51. The van der Waals surface area contributed by atoms with Crippen molar-refractivity contribution in [2.45, 2.75) is 38.6 Å². The smallest absolute Gasteiger partial charge is 0.325 e. The highest BCUT2D eigenvalue weighted by molar-refractivity contribution is 6.10. The largest absolute Gasteiger partial charge is 0.339 e. The lowest BCUT2D eigenvalue weighted by Gasteiger charge is -2.32. The first-order valence-corrected chi connectivity index (χ1v) is 11.3.